The molecule has 16 heavy (non-hydrogen) atoms. The SMILES string of the molecule is C=CCCNc1ccc(C(=O)O)c(F)c1F. The van der Waals surface area contributed by atoms with Gasteiger partial charge < -0.3 is 10.4 Å². The van der Waals surface area contributed by atoms with Gasteiger partial charge in [-0.15, -0.1) is 6.58 Å². The first-order chi connectivity index (χ1) is 7.57. The van der Waals surface area contributed by atoms with Crippen LogP contribution in [0.2, 0.25) is 0 Å². The van der Waals surface area contributed by atoms with Gasteiger partial charge in [0, 0.05) is 6.54 Å². The number of carboxylic acid groups (broad SMARTS) is 1. The second-order valence-electron chi connectivity index (χ2n) is 3.10. The van der Waals surface area contributed by atoms with Crippen molar-refractivity contribution in [3.05, 3.63) is 42.0 Å². The highest BCUT2D eigenvalue weighted by Crippen LogP contribution is 2.20. The molecule has 0 spiro atoms. The monoisotopic (exact) mass is 227 g/mol. The second kappa shape index (κ2) is 5.25. The van der Waals surface area contributed by atoms with Crippen LogP contribution in [0.15, 0.2) is 24.8 Å². The topological polar surface area (TPSA) is 49.3 Å². The Hall–Kier alpha value is -1.91. The van der Waals surface area contributed by atoms with Crippen LogP contribution in [-0.2, 0) is 0 Å². The van der Waals surface area contributed by atoms with Crippen LogP contribution in [0.4, 0.5) is 14.5 Å². The molecule has 2 N–H and O–H groups in total. The third-order valence-corrected chi connectivity index (χ3v) is 1.98. The first-order valence-electron chi connectivity index (χ1n) is 4.64. The highest BCUT2D eigenvalue weighted by Gasteiger charge is 2.17. The lowest BCUT2D eigenvalue weighted by Crippen LogP contribution is -2.08. The molecule has 1 aromatic carbocycles. The van der Waals surface area contributed by atoms with Crippen LogP contribution >= 0.6 is 0 Å². The van der Waals surface area contributed by atoms with E-state index in [1.54, 1.807) is 6.08 Å². The summed E-state index contributed by atoms with van der Waals surface area (Å²) in [5.74, 6) is -4.02. The molecule has 0 saturated heterocycles. The van der Waals surface area contributed by atoms with Crippen LogP contribution in [0.1, 0.15) is 16.8 Å². The summed E-state index contributed by atoms with van der Waals surface area (Å²) in [5.41, 5.74) is -0.726. The molecule has 0 aliphatic rings. The maximum Gasteiger partial charge on any atom is 0.338 e. The van der Waals surface area contributed by atoms with Crippen LogP contribution in [0, 0.1) is 11.6 Å². The number of benzene rings is 1. The Morgan fingerprint density at radius 2 is 2.12 bits per heavy atom. The number of carbonyl (C=O) groups is 1. The van der Waals surface area contributed by atoms with Gasteiger partial charge in [0.15, 0.2) is 11.6 Å². The zero-order chi connectivity index (χ0) is 12.1. The lowest BCUT2D eigenvalue weighted by molar-refractivity contribution is 0.0690. The first kappa shape index (κ1) is 12.2. The fourth-order valence-corrected chi connectivity index (χ4v) is 1.16. The third-order valence-electron chi connectivity index (χ3n) is 1.98. The molecule has 1 rings (SSSR count). The molecule has 0 aromatic heterocycles. The van der Waals surface area contributed by atoms with E-state index in [-0.39, 0.29) is 5.69 Å². The van der Waals surface area contributed by atoms with Crippen molar-refractivity contribution >= 4 is 11.7 Å². The maximum absolute atomic E-state index is 13.3. The van der Waals surface area contributed by atoms with Crippen molar-refractivity contribution in [2.24, 2.45) is 0 Å². The van der Waals surface area contributed by atoms with Crippen LogP contribution in [0.5, 0.6) is 0 Å². The molecular weight excluding hydrogens is 216 g/mol. The van der Waals surface area contributed by atoms with Crippen LogP contribution in [-0.4, -0.2) is 17.6 Å². The Balaban J connectivity index is 2.93. The molecule has 86 valence electrons. The Labute approximate surface area is 91.4 Å². The molecule has 0 radical (unpaired) electrons. The average Bonchev–Trinajstić information content (AvgIpc) is 2.24. The van der Waals surface area contributed by atoms with E-state index >= 15 is 0 Å². The van der Waals surface area contributed by atoms with Gasteiger partial charge in [-0.3, -0.25) is 0 Å². The van der Waals surface area contributed by atoms with Crippen molar-refractivity contribution in [1.82, 2.24) is 0 Å². The standard InChI is InChI=1S/C11H11F2NO2/c1-2-3-6-14-8-5-4-7(11(15)16)9(12)10(8)13/h2,4-5,14H,1,3,6H2,(H,15,16). The highest BCUT2D eigenvalue weighted by atomic mass is 19.2. The van der Waals surface area contributed by atoms with Gasteiger partial charge in [-0.25, -0.2) is 13.6 Å². The number of hydrogen-bond donors (Lipinski definition) is 2. The molecule has 0 bridgehead atoms. The molecule has 0 aliphatic carbocycles. The number of rotatable bonds is 5. The summed E-state index contributed by atoms with van der Waals surface area (Å²) in [6, 6.07) is 2.22. The van der Waals surface area contributed by atoms with Gasteiger partial charge in [-0.05, 0) is 18.6 Å². The molecule has 0 unspecified atom stereocenters. The largest absolute Gasteiger partial charge is 0.478 e. The van der Waals surface area contributed by atoms with Crippen molar-refractivity contribution in [3.8, 4) is 0 Å². The fraction of sp³-hybridized carbons (Fsp3) is 0.182. The van der Waals surface area contributed by atoms with E-state index in [0.717, 1.165) is 6.07 Å². The average molecular weight is 227 g/mol. The van der Waals surface area contributed by atoms with Crippen molar-refractivity contribution in [3.63, 3.8) is 0 Å². The number of aromatic carboxylic acids is 1. The molecule has 3 nitrogen and oxygen atoms in total. The van der Waals surface area contributed by atoms with Crippen molar-refractivity contribution < 1.29 is 18.7 Å². The summed E-state index contributed by atoms with van der Waals surface area (Å²) in [4.78, 5) is 10.5. The first-order valence-corrected chi connectivity index (χ1v) is 4.64. The van der Waals surface area contributed by atoms with Gasteiger partial charge in [0.1, 0.15) is 0 Å². The normalized spacial score (nSPS) is 9.88. The molecule has 5 heteroatoms. The minimum atomic E-state index is -1.49. The third kappa shape index (κ3) is 2.56. The molecule has 0 atom stereocenters. The minimum Gasteiger partial charge on any atom is -0.478 e. The van der Waals surface area contributed by atoms with Crippen molar-refractivity contribution in [2.45, 2.75) is 6.42 Å². The quantitative estimate of drug-likeness (QED) is 0.600. The number of anilines is 1. The van der Waals surface area contributed by atoms with Gasteiger partial charge in [-0.1, -0.05) is 6.08 Å². The van der Waals surface area contributed by atoms with Gasteiger partial charge in [0.25, 0.3) is 0 Å². The smallest absolute Gasteiger partial charge is 0.338 e. The van der Waals surface area contributed by atoms with E-state index in [4.69, 9.17) is 5.11 Å². The number of hydrogen-bond acceptors (Lipinski definition) is 2. The molecule has 0 aliphatic heterocycles. The summed E-state index contributed by atoms with van der Waals surface area (Å²) in [7, 11) is 0. The maximum atomic E-state index is 13.3. The van der Waals surface area contributed by atoms with Crippen LogP contribution in [0.3, 0.4) is 0 Å². The molecule has 0 saturated carbocycles. The van der Waals surface area contributed by atoms with Crippen molar-refractivity contribution in [1.29, 1.82) is 0 Å². The molecular formula is C11H11F2NO2. The summed E-state index contributed by atoms with van der Waals surface area (Å²) in [5, 5.41) is 11.2. The lowest BCUT2D eigenvalue weighted by atomic mass is 10.2. The zero-order valence-corrected chi connectivity index (χ0v) is 8.46. The van der Waals surface area contributed by atoms with E-state index in [9.17, 15) is 13.6 Å². The summed E-state index contributed by atoms with van der Waals surface area (Å²) >= 11 is 0. The second-order valence-corrected chi connectivity index (χ2v) is 3.10. The number of carboxylic acids is 1. The predicted molar refractivity (Wildman–Crippen MR) is 56.6 cm³/mol. The molecule has 0 fully saturated rings. The Kier molecular flexibility index (Phi) is 3.99. The van der Waals surface area contributed by atoms with E-state index in [1.807, 2.05) is 0 Å². The van der Waals surface area contributed by atoms with Gasteiger partial charge >= 0.3 is 5.97 Å². The predicted octanol–water partition coefficient (Wildman–Crippen LogP) is 2.65. The lowest BCUT2D eigenvalue weighted by Gasteiger charge is -2.07. The number of halogens is 2. The van der Waals surface area contributed by atoms with E-state index in [0.29, 0.717) is 13.0 Å². The Morgan fingerprint density at radius 1 is 1.44 bits per heavy atom. The zero-order valence-electron chi connectivity index (χ0n) is 8.46. The number of nitrogens with one attached hydrogen (secondary N) is 1. The fourth-order valence-electron chi connectivity index (χ4n) is 1.16. The molecule has 0 amide bonds. The molecule has 0 heterocycles. The van der Waals surface area contributed by atoms with E-state index in [1.165, 1.54) is 6.07 Å². The van der Waals surface area contributed by atoms with Crippen molar-refractivity contribution in [2.75, 3.05) is 11.9 Å². The van der Waals surface area contributed by atoms with Gasteiger partial charge in [0.2, 0.25) is 0 Å². The highest BCUT2D eigenvalue weighted by molar-refractivity contribution is 5.88. The Bertz CT molecular complexity index is 419. The van der Waals surface area contributed by atoms with Crippen LogP contribution < -0.4 is 5.32 Å². The van der Waals surface area contributed by atoms with E-state index in [2.05, 4.69) is 11.9 Å². The summed E-state index contributed by atoms with van der Waals surface area (Å²) < 4.78 is 26.5. The van der Waals surface area contributed by atoms with Gasteiger partial charge in [-0.2, -0.15) is 0 Å². The van der Waals surface area contributed by atoms with Crippen LogP contribution in [0.25, 0.3) is 0 Å². The summed E-state index contributed by atoms with van der Waals surface area (Å²) in [6.45, 7) is 3.89. The summed E-state index contributed by atoms with van der Waals surface area (Å²) in [6.07, 6.45) is 2.23. The Morgan fingerprint density at radius 3 is 2.69 bits per heavy atom. The molecule has 1 aromatic rings. The van der Waals surface area contributed by atoms with Gasteiger partial charge in [0.05, 0.1) is 11.3 Å². The van der Waals surface area contributed by atoms with E-state index < -0.39 is 23.2 Å². The minimum absolute atomic E-state index is 0.0515.